The molecule has 1 aliphatic rings. The number of rotatable bonds is 11. The number of para-hydroxylation sites is 2. The smallest absolute Gasteiger partial charge is 0.166 e. The standard InChI is InChI=1S/C29H36N2O4/c1-33-28-14-8-12-25(29(28)34-2)26(32)22-31-17-15-30(16-18-31)19-20-35-27-13-7-6-11-24(27)21-23-9-4-3-5-10-23/h3-14,26,32H,15-22H2,1-2H3. The number of hydrogen-bond acceptors (Lipinski definition) is 6. The molecule has 1 aliphatic heterocycles. The van der Waals surface area contributed by atoms with Crippen LogP contribution >= 0.6 is 0 Å². The summed E-state index contributed by atoms with van der Waals surface area (Å²) in [4.78, 5) is 4.73. The van der Waals surface area contributed by atoms with E-state index in [9.17, 15) is 5.11 Å². The molecule has 1 saturated heterocycles. The Morgan fingerprint density at radius 1 is 0.771 bits per heavy atom. The third-order valence-corrected chi connectivity index (χ3v) is 6.56. The van der Waals surface area contributed by atoms with Gasteiger partial charge in [0.2, 0.25) is 0 Å². The van der Waals surface area contributed by atoms with Crippen molar-refractivity contribution in [1.29, 1.82) is 0 Å². The molecule has 4 rings (SSSR count). The highest BCUT2D eigenvalue weighted by Crippen LogP contribution is 2.35. The molecule has 3 aromatic carbocycles. The van der Waals surface area contributed by atoms with Gasteiger partial charge in [-0.15, -0.1) is 0 Å². The number of aliphatic hydroxyl groups is 1. The zero-order valence-corrected chi connectivity index (χ0v) is 20.7. The summed E-state index contributed by atoms with van der Waals surface area (Å²) < 4.78 is 17.0. The van der Waals surface area contributed by atoms with E-state index in [-0.39, 0.29) is 0 Å². The van der Waals surface area contributed by atoms with Crippen LogP contribution in [0.4, 0.5) is 0 Å². The molecule has 1 unspecified atom stereocenters. The monoisotopic (exact) mass is 476 g/mol. The lowest BCUT2D eigenvalue weighted by atomic mass is 10.0. The van der Waals surface area contributed by atoms with E-state index in [1.54, 1.807) is 14.2 Å². The highest BCUT2D eigenvalue weighted by Gasteiger charge is 2.23. The highest BCUT2D eigenvalue weighted by molar-refractivity contribution is 5.47. The number of nitrogens with zero attached hydrogens (tertiary/aromatic N) is 2. The fraction of sp³-hybridized carbons (Fsp3) is 0.379. The second kappa shape index (κ2) is 12.6. The summed E-state index contributed by atoms with van der Waals surface area (Å²) in [6.07, 6.45) is 0.242. The summed E-state index contributed by atoms with van der Waals surface area (Å²) in [5, 5.41) is 10.9. The van der Waals surface area contributed by atoms with Gasteiger partial charge in [-0.1, -0.05) is 60.7 Å². The van der Waals surface area contributed by atoms with Crippen LogP contribution < -0.4 is 14.2 Å². The minimum Gasteiger partial charge on any atom is -0.493 e. The molecule has 6 nitrogen and oxygen atoms in total. The molecule has 0 aliphatic carbocycles. The summed E-state index contributed by atoms with van der Waals surface area (Å²) in [6, 6.07) is 24.4. The summed E-state index contributed by atoms with van der Waals surface area (Å²) >= 11 is 0. The lowest BCUT2D eigenvalue weighted by Crippen LogP contribution is -2.48. The number of benzene rings is 3. The Hall–Kier alpha value is -3.06. The fourth-order valence-electron chi connectivity index (χ4n) is 4.60. The molecular weight excluding hydrogens is 440 g/mol. The second-order valence-electron chi connectivity index (χ2n) is 8.86. The predicted molar refractivity (Wildman–Crippen MR) is 139 cm³/mol. The van der Waals surface area contributed by atoms with Crippen LogP contribution in [0.3, 0.4) is 0 Å². The molecule has 0 bridgehead atoms. The molecule has 1 N–H and O–H groups in total. The van der Waals surface area contributed by atoms with Crippen molar-refractivity contribution >= 4 is 0 Å². The quantitative estimate of drug-likeness (QED) is 0.451. The first kappa shape index (κ1) is 25.0. The van der Waals surface area contributed by atoms with Crippen molar-refractivity contribution in [3.8, 4) is 17.2 Å². The maximum atomic E-state index is 10.9. The average Bonchev–Trinajstić information content (AvgIpc) is 2.90. The third kappa shape index (κ3) is 6.75. The Morgan fingerprint density at radius 2 is 1.46 bits per heavy atom. The van der Waals surface area contributed by atoms with E-state index >= 15 is 0 Å². The number of aliphatic hydroxyl groups excluding tert-OH is 1. The first-order valence-corrected chi connectivity index (χ1v) is 12.3. The maximum absolute atomic E-state index is 10.9. The van der Waals surface area contributed by atoms with Gasteiger partial charge in [0.05, 0.1) is 20.3 Å². The molecule has 0 amide bonds. The number of hydrogen-bond donors (Lipinski definition) is 1. The van der Waals surface area contributed by atoms with Crippen LogP contribution in [0.25, 0.3) is 0 Å². The lowest BCUT2D eigenvalue weighted by Gasteiger charge is -2.35. The van der Waals surface area contributed by atoms with Gasteiger partial charge in [0.1, 0.15) is 12.4 Å². The van der Waals surface area contributed by atoms with E-state index in [1.165, 1.54) is 11.1 Å². The van der Waals surface area contributed by atoms with E-state index in [0.717, 1.165) is 50.5 Å². The maximum Gasteiger partial charge on any atom is 0.166 e. The van der Waals surface area contributed by atoms with Crippen LogP contribution in [0.15, 0.2) is 72.8 Å². The van der Waals surface area contributed by atoms with Crippen LogP contribution in [0.5, 0.6) is 17.2 Å². The molecule has 0 spiro atoms. The van der Waals surface area contributed by atoms with Crippen molar-refractivity contribution in [3.63, 3.8) is 0 Å². The van der Waals surface area contributed by atoms with Crippen LogP contribution in [-0.2, 0) is 6.42 Å². The molecule has 186 valence electrons. The summed E-state index contributed by atoms with van der Waals surface area (Å²) in [6.45, 7) is 5.85. The molecule has 1 fully saturated rings. The molecule has 1 atom stereocenters. The summed E-state index contributed by atoms with van der Waals surface area (Å²) in [5.74, 6) is 2.20. The van der Waals surface area contributed by atoms with Gasteiger partial charge in [-0.3, -0.25) is 9.80 Å². The van der Waals surface area contributed by atoms with Gasteiger partial charge in [0.25, 0.3) is 0 Å². The SMILES string of the molecule is COc1cccc(C(O)CN2CCN(CCOc3ccccc3Cc3ccccc3)CC2)c1OC. The largest absolute Gasteiger partial charge is 0.493 e. The first-order chi connectivity index (χ1) is 17.2. The van der Waals surface area contributed by atoms with Crippen molar-refractivity contribution in [3.05, 3.63) is 89.5 Å². The Balaban J connectivity index is 1.23. The Morgan fingerprint density at radius 3 is 2.20 bits per heavy atom. The third-order valence-electron chi connectivity index (χ3n) is 6.56. The molecule has 35 heavy (non-hydrogen) atoms. The molecular formula is C29H36N2O4. The topological polar surface area (TPSA) is 54.4 Å². The van der Waals surface area contributed by atoms with Crippen molar-refractivity contribution < 1.29 is 19.3 Å². The number of piperazine rings is 1. The van der Waals surface area contributed by atoms with Gasteiger partial charge in [0, 0.05) is 51.3 Å². The molecule has 1 heterocycles. The van der Waals surface area contributed by atoms with E-state index < -0.39 is 6.10 Å². The number of ether oxygens (including phenoxy) is 3. The normalized spacial score (nSPS) is 15.5. The van der Waals surface area contributed by atoms with Crippen LogP contribution in [0, 0.1) is 0 Å². The van der Waals surface area contributed by atoms with Gasteiger partial charge in [-0.05, 0) is 23.3 Å². The van der Waals surface area contributed by atoms with E-state index in [2.05, 4.69) is 52.3 Å². The summed E-state index contributed by atoms with van der Waals surface area (Å²) in [7, 11) is 3.22. The van der Waals surface area contributed by atoms with Gasteiger partial charge in [-0.2, -0.15) is 0 Å². The minimum atomic E-state index is -0.629. The molecule has 0 saturated carbocycles. The van der Waals surface area contributed by atoms with Crippen LogP contribution in [-0.4, -0.2) is 75.0 Å². The zero-order valence-electron chi connectivity index (χ0n) is 20.7. The van der Waals surface area contributed by atoms with E-state index in [0.29, 0.717) is 24.7 Å². The number of β-amino-alcohol motifs (C(OH)–C–C–N with tert-alkyl or cyclic N) is 1. The Bertz CT molecular complexity index is 1050. The average molecular weight is 477 g/mol. The van der Waals surface area contributed by atoms with Gasteiger partial charge in [0.15, 0.2) is 11.5 Å². The molecule has 3 aromatic rings. The van der Waals surface area contributed by atoms with Crippen molar-refractivity contribution in [2.24, 2.45) is 0 Å². The first-order valence-electron chi connectivity index (χ1n) is 12.3. The zero-order chi connectivity index (χ0) is 24.5. The predicted octanol–water partition coefficient (Wildman–Crippen LogP) is 4.02. The van der Waals surface area contributed by atoms with E-state index in [4.69, 9.17) is 14.2 Å². The highest BCUT2D eigenvalue weighted by atomic mass is 16.5. The summed E-state index contributed by atoms with van der Waals surface area (Å²) in [5.41, 5.74) is 3.26. The molecule has 0 radical (unpaired) electrons. The number of methoxy groups -OCH3 is 2. The molecule has 6 heteroatoms. The lowest BCUT2D eigenvalue weighted by molar-refractivity contribution is 0.0663. The van der Waals surface area contributed by atoms with Crippen molar-refractivity contribution in [2.75, 3.05) is 60.1 Å². The fourth-order valence-corrected chi connectivity index (χ4v) is 4.60. The van der Waals surface area contributed by atoms with Gasteiger partial charge >= 0.3 is 0 Å². The van der Waals surface area contributed by atoms with Crippen molar-refractivity contribution in [1.82, 2.24) is 9.80 Å². The van der Waals surface area contributed by atoms with E-state index in [1.807, 2.05) is 30.3 Å². The molecule has 0 aromatic heterocycles. The minimum absolute atomic E-state index is 0.570. The van der Waals surface area contributed by atoms with Crippen molar-refractivity contribution in [2.45, 2.75) is 12.5 Å². The second-order valence-corrected chi connectivity index (χ2v) is 8.86. The van der Waals surface area contributed by atoms with Crippen LogP contribution in [0.1, 0.15) is 22.8 Å². The Labute approximate surface area is 208 Å². The van der Waals surface area contributed by atoms with Crippen LogP contribution in [0.2, 0.25) is 0 Å². The van der Waals surface area contributed by atoms with Gasteiger partial charge in [-0.25, -0.2) is 0 Å². The van der Waals surface area contributed by atoms with Gasteiger partial charge < -0.3 is 19.3 Å². The Kier molecular flexibility index (Phi) is 9.01.